The van der Waals surface area contributed by atoms with Gasteiger partial charge in [0.1, 0.15) is 0 Å². The van der Waals surface area contributed by atoms with Gasteiger partial charge in [0.15, 0.2) is 0 Å². The lowest BCUT2D eigenvalue weighted by molar-refractivity contribution is -0.136. The first kappa shape index (κ1) is 16.4. The van der Waals surface area contributed by atoms with Crippen molar-refractivity contribution in [3.8, 4) is 0 Å². The SMILES string of the molecule is CC(C)C(N)C(=O)N(CC1CCN(C)CC1)C(C)C. The number of likely N-dealkylation sites (tertiary alicyclic amines) is 1. The van der Waals surface area contributed by atoms with Crippen molar-refractivity contribution in [3.05, 3.63) is 0 Å². The molecule has 0 spiro atoms. The summed E-state index contributed by atoms with van der Waals surface area (Å²) in [7, 11) is 2.16. The number of piperidine rings is 1. The molecule has 1 atom stereocenters. The van der Waals surface area contributed by atoms with E-state index in [1.807, 2.05) is 18.7 Å². The largest absolute Gasteiger partial charge is 0.339 e. The molecule has 2 N–H and O–H groups in total. The Labute approximate surface area is 118 Å². The van der Waals surface area contributed by atoms with Crippen molar-refractivity contribution < 1.29 is 4.79 Å². The highest BCUT2D eigenvalue weighted by Gasteiger charge is 2.28. The Kier molecular flexibility index (Phi) is 6.27. The van der Waals surface area contributed by atoms with Crippen LogP contribution in [0.5, 0.6) is 0 Å². The second-order valence-corrected chi connectivity index (χ2v) is 6.60. The average molecular weight is 269 g/mol. The molecule has 4 nitrogen and oxygen atoms in total. The summed E-state index contributed by atoms with van der Waals surface area (Å²) in [6, 6.07) is -0.134. The van der Waals surface area contributed by atoms with Crippen molar-refractivity contribution in [1.29, 1.82) is 0 Å². The highest BCUT2D eigenvalue weighted by Crippen LogP contribution is 2.19. The van der Waals surface area contributed by atoms with E-state index in [4.69, 9.17) is 5.73 Å². The Morgan fingerprint density at radius 3 is 2.21 bits per heavy atom. The highest BCUT2D eigenvalue weighted by molar-refractivity contribution is 5.82. The highest BCUT2D eigenvalue weighted by atomic mass is 16.2. The van der Waals surface area contributed by atoms with Gasteiger partial charge < -0.3 is 15.5 Å². The molecule has 0 aromatic rings. The maximum absolute atomic E-state index is 12.5. The van der Waals surface area contributed by atoms with Gasteiger partial charge in [0.2, 0.25) is 5.91 Å². The molecule has 0 aromatic carbocycles. The fraction of sp³-hybridized carbons (Fsp3) is 0.933. The number of carbonyl (C=O) groups excluding carboxylic acids is 1. The van der Waals surface area contributed by atoms with Crippen LogP contribution in [0.25, 0.3) is 0 Å². The van der Waals surface area contributed by atoms with Gasteiger partial charge in [-0.3, -0.25) is 4.79 Å². The Morgan fingerprint density at radius 2 is 1.79 bits per heavy atom. The summed E-state index contributed by atoms with van der Waals surface area (Å²) in [5.74, 6) is 0.942. The third-order valence-corrected chi connectivity index (χ3v) is 4.20. The topological polar surface area (TPSA) is 49.6 Å². The first-order valence-electron chi connectivity index (χ1n) is 7.57. The molecule has 1 rings (SSSR count). The van der Waals surface area contributed by atoms with Gasteiger partial charge in [0, 0.05) is 12.6 Å². The van der Waals surface area contributed by atoms with Gasteiger partial charge in [-0.05, 0) is 58.7 Å². The molecule has 112 valence electrons. The van der Waals surface area contributed by atoms with E-state index in [9.17, 15) is 4.79 Å². The first-order valence-corrected chi connectivity index (χ1v) is 7.57. The minimum absolute atomic E-state index is 0.115. The molecule has 0 aliphatic carbocycles. The number of rotatable bonds is 5. The van der Waals surface area contributed by atoms with Crippen molar-refractivity contribution in [2.75, 3.05) is 26.7 Å². The summed E-state index contributed by atoms with van der Waals surface area (Å²) in [5.41, 5.74) is 6.03. The van der Waals surface area contributed by atoms with Crippen LogP contribution >= 0.6 is 0 Å². The van der Waals surface area contributed by atoms with Gasteiger partial charge in [0.25, 0.3) is 0 Å². The number of carbonyl (C=O) groups is 1. The van der Waals surface area contributed by atoms with E-state index in [1.165, 1.54) is 12.8 Å². The summed E-state index contributed by atoms with van der Waals surface area (Å²) in [6.45, 7) is 11.3. The average Bonchev–Trinajstić information content (AvgIpc) is 2.35. The van der Waals surface area contributed by atoms with Gasteiger partial charge in [-0.1, -0.05) is 13.8 Å². The van der Waals surface area contributed by atoms with Gasteiger partial charge in [0.05, 0.1) is 6.04 Å². The molecule has 0 radical (unpaired) electrons. The van der Waals surface area contributed by atoms with E-state index in [0.717, 1.165) is 19.6 Å². The molecular formula is C15H31N3O. The maximum atomic E-state index is 12.5. The van der Waals surface area contributed by atoms with E-state index in [0.29, 0.717) is 5.92 Å². The molecule has 1 heterocycles. The second kappa shape index (κ2) is 7.25. The number of nitrogens with zero attached hydrogens (tertiary/aromatic N) is 2. The van der Waals surface area contributed by atoms with Crippen molar-refractivity contribution in [3.63, 3.8) is 0 Å². The van der Waals surface area contributed by atoms with Crippen molar-refractivity contribution in [2.45, 2.75) is 52.6 Å². The number of hydrogen-bond donors (Lipinski definition) is 1. The van der Waals surface area contributed by atoms with Gasteiger partial charge in [-0.15, -0.1) is 0 Å². The molecule has 1 aliphatic heterocycles. The summed E-state index contributed by atoms with van der Waals surface area (Å²) in [4.78, 5) is 16.8. The molecule has 1 amide bonds. The Hall–Kier alpha value is -0.610. The minimum atomic E-state index is -0.367. The van der Waals surface area contributed by atoms with Crippen LogP contribution < -0.4 is 5.73 Å². The van der Waals surface area contributed by atoms with E-state index in [2.05, 4.69) is 25.8 Å². The third kappa shape index (κ3) is 4.77. The maximum Gasteiger partial charge on any atom is 0.239 e. The van der Waals surface area contributed by atoms with Crippen molar-refractivity contribution in [1.82, 2.24) is 9.80 Å². The number of amides is 1. The van der Waals surface area contributed by atoms with Gasteiger partial charge in [-0.2, -0.15) is 0 Å². The molecule has 4 heteroatoms. The lowest BCUT2D eigenvalue weighted by Crippen LogP contribution is -2.51. The van der Waals surface area contributed by atoms with Gasteiger partial charge >= 0.3 is 0 Å². The van der Waals surface area contributed by atoms with Crippen LogP contribution in [0.1, 0.15) is 40.5 Å². The minimum Gasteiger partial charge on any atom is -0.339 e. The van der Waals surface area contributed by atoms with E-state index in [1.54, 1.807) is 0 Å². The third-order valence-electron chi connectivity index (χ3n) is 4.20. The molecule has 1 aliphatic rings. The predicted octanol–water partition coefficient (Wildman–Crippen LogP) is 1.55. The normalized spacial score (nSPS) is 20.0. The Bertz CT molecular complexity index is 283. The smallest absolute Gasteiger partial charge is 0.239 e. The van der Waals surface area contributed by atoms with E-state index in [-0.39, 0.29) is 23.9 Å². The first-order chi connectivity index (χ1) is 8.82. The lowest BCUT2D eigenvalue weighted by atomic mass is 9.95. The van der Waals surface area contributed by atoms with Crippen LogP contribution in [-0.2, 0) is 4.79 Å². The summed E-state index contributed by atoms with van der Waals surface area (Å²) >= 11 is 0. The second-order valence-electron chi connectivity index (χ2n) is 6.60. The van der Waals surface area contributed by atoms with Crippen LogP contribution in [0.4, 0.5) is 0 Å². The number of hydrogen-bond acceptors (Lipinski definition) is 3. The Balaban J connectivity index is 2.60. The molecular weight excluding hydrogens is 238 g/mol. The Morgan fingerprint density at radius 1 is 1.26 bits per heavy atom. The molecule has 19 heavy (non-hydrogen) atoms. The zero-order valence-corrected chi connectivity index (χ0v) is 13.2. The van der Waals surface area contributed by atoms with E-state index >= 15 is 0 Å². The van der Waals surface area contributed by atoms with Crippen molar-refractivity contribution >= 4 is 5.91 Å². The monoisotopic (exact) mass is 269 g/mol. The standard InChI is InChI=1S/C15H31N3O/c1-11(2)14(16)15(19)18(12(3)4)10-13-6-8-17(5)9-7-13/h11-14H,6-10,16H2,1-5H3. The van der Waals surface area contributed by atoms with E-state index < -0.39 is 0 Å². The zero-order chi connectivity index (χ0) is 14.6. The zero-order valence-electron chi connectivity index (χ0n) is 13.2. The molecule has 1 saturated heterocycles. The lowest BCUT2D eigenvalue weighted by Gasteiger charge is -2.36. The fourth-order valence-electron chi connectivity index (χ4n) is 2.55. The molecule has 0 bridgehead atoms. The summed E-state index contributed by atoms with van der Waals surface area (Å²) in [5, 5.41) is 0. The van der Waals surface area contributed by atoms with Crippen LogP contribution in [0.3, 0.4) is 0 Å². The molecule has 0 saturated carbocycles. The van der Waals surface area contributed by atoms with Crippen molar-refractivity contribution in [2.24, 2.45) is 17.6 Å². The summed E-state index contributed by atoms with van der Waals surface area (Å²) < 4.78 is 0. The fourth-order valence-corrected chi connectivity index (χ4v) is 2.55. The molecule has 1 unspecified atom stereocenters. The van der Waals surface area contributed by atoms with Crippen LogP contribution in [0.2, 0.25) is 0 Å². The number of nitrogens with two attached hydrogens (primary N) is 1. The molecule has 1 fully saturated rings. The quantitative estimate of drug-likeness (QED) is 0.824. The predicted molar refractivity (Wildman–Crippen MR) is 79.9 cm³/mol. The molecule has 0 aromatic heterocycles. The van der Waals surface area contributed by atoms with Crippen LogP contribution in [0, 0.1) is 11.8 Å². The van der Waals surface area contributed by atoms with Gasteiger partial charge in [-0.25, -0.2) is 0 Å². The van der Waals surface area contributed by atoms with Crippen LogP contribution in [-0.4, -0.2) is 54.5 Å². The van der Waals surface area contributed by atoms with Crippen LogP contribution in [0.15, 0.2) is 0 Å². The summed E-state index contributed by atoms with van der Waals surface area (Å²) in [6.07, 6.45) is 2.37.